The van der Waals surface area contributed by atoms with Gasteiger partial charge in [-0.1, -0.05) is 40.0 Å². The number of pyridine rings is 2. The SMILES string of the molecule is C=C/C(=C\C(=C/C)c1cc2c(-c3nc4c(-c5cc(C)cc(F)c5)nccc4[nH]3)n[nH]c2cn1)NC(=C)C(C)(C)C. The summed E-state index contributed by atoms with van der Waals surface area (Å²) in [7, 11) is 0. The van der Waals surface area contributed by atoms with Crippen LogP contribution in [0.2, 0.25) is 0 Å². The van der Waals surface area contributed by atoms with E-state index in [0.717, 1.165) is 44.6 Å². The number of H-pyrrole nitrogens is 2. The molecule has 4 heterocycles. The first-order valence-electron chi connectivity index (χ1n) is 13.0. The van der Waals surface area contributed by atoms with Gasteiger partial charge in [-0.25, -0.2) is 9.37 Å². The number of allylic oxidation sites excluding steroid dienone is 5. The van der Waals surface area contributed by atoms with Gasteiger partial charge in [-0.15, -0.1) is 0 Å². The van der Waals surface area contributed by atoms with Gasteiger partial charge >= 0.3 is 0 Å². The molecule has 7 nitrogen and oxygen atoms in total. The van der Waals surface area contributed by atoms with Crippen molar-refractivity contribution in [1.82, 2.24) is 35.5 Å². The van der Waals surface area contributed by atoms with Gasteiger partial charge in [0.05, 0.1) is 28.6 Å². The van der Waals surface area contributed by atoms with E-state index < -0.39 is 0 Å². The highest BCUT2D eigenvalue weighted by Crippen LogP contribution is 2.32. The number of imidazole rings is 1. The number of aromatic amines is 2. The molecular formula is C32H32FN7. The number of nitrogens with one attached hydrogen (secondary N) is 3. The first-order chi connectivity index (χ1) is 19.1. The summed E-state index contributed by atoms with van der Waals surface area (Å²) in [4.78, 5) is 17.4. The molecule has 5 rings (SSSR count). The zero-order valence-electron chi connectivity index (χ0n) is 23.4. The number of nitrogens with zero attached hydrogens (tertiary/aromatic N) is 4. The number of fused-ring (bicyclic) bond motifs is 2. The van der Waals surface area contributed by atoms with Crippen LogP contribution in [0.4, 0.5) is 4.39 Å². The molecule has 202 valence electrons. The number of halogens is 1. The van der Waals surface area contributed by atoms with E-state index in [-0.39, 0.29) is 11.2 Å². The molecule has 3 N–H and O–H groups in total. The molecule has 4 aromatic heterocycles. The van der Waals surface area contributed by atoms with Crippen LogP contribution in [0.5, 0.6) is 0 Å². The first kappa shape index (κ1) is 26.7. The van der Waals surface area contributed by atoms with E-state index in [4.69, 9.17) is 4.98 Å². The highest BCUT2D eigenvalue weighted by atomic mass is 19.1. The molecule has 1 aromatic carbocycles. The lowest BCUT2D eigenvalue weighted by molar-refractivity contribution is 0.478. The molecule has 0 saturated heterocycles. The number of benzene rings is 1. The molecule has 0 spiro atoms. The van der Waals surface area contributed by atoms with Gasteiger partial charge in [0.25, 0.3) is 0 Å². The summed E-state index contributed by atoms with van der Waals surface area (Å²) in [6.07, 6.45) is 9.22. The fourth-order valence-electron chi connectivity index (χ4n) is 4.37. The Morgan fingerprint density at radius 1 is 1.07 bits per heavy atom. The molecule has 0 atom stereocenters. The first-order valence-corrected chi connectivity index (χ1v) is 13.0. The topological polar surface area (TPSA) is 95.2 Å². The van der Waals surface area contributed by atoms with Gasteiger partial charge in [-0.2, -0.15) is 5.10 Å². The van der Waals surface area contributed by atoms with Crippen LogP contribution in [0, 0.1) is 18.2 Å². The molecule has 0 aliphatic heterocycles. The highest BCUT2D eigenvalue weighted by molar-refractivity contribution is 5.96. The van der Waals surface area contributed by atoms with Crippen molar-refractivity contribution in [2.24, 2.45) is 5.41 Å². The van der Waals surface area contributed by atoms with Gasteiger partial charge in [0.15, 0.2) is 5.82 Å². The van der Waals surface area contributed by atoms with Gasteiger partial charge in [0, 0.05) is 34.0 Å². The lowest BCUT2D eigenvalue weighted by atomic mass is 9.92. The minimum absolute atomic E-state index is 0.101. The molecule has 0 aliphatic carbocycles. The highest BCUT2D eigenvalue weighted by Gasteiger charge is 2.18. The molecule has 0 radical (unpaired) electrons. The van der Waals surface area contributed by atoms with E-state index >= 15 is 0 Å². The van der Waals surface area contributed by atoms with Gasteiger partial charge < -0.3 is 10.3 Å². The second kappa shape index (κ2) is 10.4. The Bertz CT molecular complexity index is 1810. The van der Waals surface area contributed by atoms with Crippen molar-refractivity contribution in [2.75, 3.05) is 0 Å². The Morgan fingerprint density at radius 2 is 1.88 bits per heavy atom. The van der Waals surface area contributed by atoms with Crippen LogP contribution in [0.1, 0.15) is 39.0 Å². The van der Waals surface area contributed by atoms with Crippen LogP contribution >= 0.6 is 0 Å². The third kappa shape index (κ3) is 5.20. The third-order valence-corrected chi connectivity index (χ3v) is 6.73. The van der Waals surface area contributed by atoms with E-state index in [1.807, 2.05) is 44.2 Å². The van der Waals surface area contributed by atoms with E-state index in [9.17, 15) is 4.39 Å². The second-order valence-electron chi connectivity index (χ2n) is 10.7. The van der Waals surface area contributed by atoms with Gasteiger partial charge in [-0.3, -0.25) is 15.1 Å². The molecule has 0 unspecified atom stereocenters. The molecule has 5 aromatic rings. The summed E-state index contributed by atoms with van der Waals surface area (Å²) in [5.41, 5.74) is 8.25. The maximum atomic E-state index is 14.2. The summed E-state index contributed by atoms with van der Waals surface area (Å²) in [5.74, 6) is 0.266. The Kier molecular flexibility index (Phi) is 6.94. The van der Waals surface area contributed by atoms with Gasteiger partial charge in [0.2, 0.25) is 0 Å². The van der Waals surface area contributed by atoms with Crippen LogP contribution in [-0.2, 0) is 0 Å². The quantitative estimate of drug-likeness (QED) is 0.187. The molecular weight excluding hydrogens is 501 g/mol. The number of rotatable bonds is 7. The third-order valence-electron chi connectivity index (χ3n) is 6.73. The fourth-order valence-corrected chi connectivity index (χ4v) is 4.37. The van der Waals surface area contributed by atoms with Gasteiger partial charge in [0.1, 0.15) is 17.0 Å². The molecule has 0 aliphatic rings. The van der Waals surface area contributed by atoms with Crippen molar-refractivity contribution < 1.29 is 4.39 Å². The van der Waals surface area contributed by atoms with Crippen molar-refractivity contribution in [3.63, 3.8) is 0 Å². The maximum Gasteiger partial charge on any atom is 0.159 e. The standard InChI is InChI=1S/C32H32FN7/c1-8-20(15-23(9-2)36-19(4)32(5,6)7)26-16-24-27(17-35-26)39-40-29(24)31-37-25-10-11-34-28(30(25)38-31)21-12-18(3)13-22(33)14-21/h8-17,36H,2,4H2,1,3,5-7H3,(H,37,38)(H,39,40)/b20-8+,23-15+. The number of hydrogen-bond donors (Lipinski definition) is 3. The Hall–Kier alpha value is -4.85. The van der Waals surface area contributed by atoms with Gasteiger partial charge in [-0.05, 0) is 67.5 Å². The minimum atomic E-state index is -0.311. The molecule has 0 fully saturated rings. The summed E-state index contributed by atoms with van der Waals surface area (Å²) in [6, 6.07) is 8.70. The molecule has 0 amide bonds. The molecule has 0 saturated carbocycles. The average molecular weight is 534 g/mol. The normalized spacial score (nSPS) is 12.8. The van der Waals surface area contributed by atoms with E-state index in [1.54, 1.807) is 18.5 Å². The number of hydrogen-bond acceptors (Lipinski definition) is 5. The Morgan fingerprint density at radius 3 is 2.58 bits per heavy atom. The monoisotopic (exact) mass is 533 g/mol. The average Bonchev–Trinajstić information content (AvgIpc) is 3.53. The van der Waals surface area contributed by atoms with Crippen molar-refractivity contribution in [1.29, 1.82) is 0 Å². The fraction of sp³-hybridized carbons (Fsp3) is 0.188. The molecule has 8 heteroatoms. The Balaban J connectivity index is 1.56. The van der Waals surface area contributed by atoms with Crippen molar-refractivity contribution in [3.8, 4) is 22.8 Å². The predicted octanol–water partition coefficient (Wildman–Crippen LogP) is 7.63. The molecule has 40 heavy (non-hydrogen) atoms. The van der Waals surface area contributed by atoms with Crippen LogP contribution < -0.4 is 5.32 Å². The Labute approximate surface area is 232 Å². The van der Waals surface area contributed by atoms with E-state index in [2.05, 4.69) is 64.4 Å². The van der Waals surface area contributed by atoms with Crippen LogP contribution in [0.25, 0.3) is 50.3 Å². The van der Waals surface area contributed by atoms with Crippen molar-refractivity contribution >= 4 is 27.5 Å². The summed E-state index contributed by atoms with van der Waals surface area (Å²) < 4.78 is 14.2. The largest absolute Gasteiger partial charge is 0.359 e. The lowest BCUT2D eigenvalue weighted by Crippen LogP contribution is -2.22. The van der Waals surface area contributed by atoms with Crippen molar-refractivity contribution in [3.05, 3.63) is 103 Å². The lowest BCUT2D eigenvalue weighted by Gasteiger charge is -2.23. The summed E-state index contributed by atoms with van der Waals surface area (Å²) >= 11 is 0. The minimum Gasteiger partial charge on any atom is -0.359 e. The predicted molar refractivity (Wildman–Crippen MR) is 161 cm³/mol. The van der Waals surface area contributed by atoms with Crippen LogP contribution in [-0.4, -0.2) is 30.1 Å². The zero-order valence-corrected chi connectivity index (χ0v) is 23.4. The smallest absolute Gasteiger partial charge is 0.159 e. The van der Waals surface area contributed by atoms with E-state index in [0.29, 0.717) is 28.3 Å². The number of aromatic nitrogens is 6. The van der Waals surface area contributed by atoms with E-state index in [1.165, 1.54) is 12.1 Å². The summed E-state index contributed by atoms with van der Waals surface area (Å²) in [5, 5.41) is 11.8. The molecule has 0 bridgehead atoms. The second-order valence-corrected chi connectivity index (χ2v) is 10.7. The summed E-state index contributed by atoms with van der Waals surface area (Å²) in [6.45, 7) is 18.3. The maximum absolute atomic E-state index is 14.2. The zero-order chi connectivity index (χ0) is 28.6. The number of aryl methyl sites for hydroxylation is 1. The van der Waals surface area contributed by atoms with Crippen molar-refractivity contribution in [2.45, 2.75) is 34.6 Å². The van der Waals surface area contributed by atoms with Crippen LogP contribution in [0.15, 0.2) is 85.5 Å². The van der Waals surface area contributed by atoms with Crippen LogP contribution in [0.3, 0.4) is 0 Å².